The summed E-state index contributed by atoms with van der Waals surface area (Å²) in [5, 5.41) is 0. The lowest BCUT2D eigenvalue weighted by Gasteiger charge is -2.29. The van der Waals surface area contributed by atoms with E-state index in [1.54, 1.807) is 0 Å². The minimum Gasteiger partial charge on any atom is -0.367 e. The van der Waals surface area contributed by atoms with Crippen molar-refractivity contribution < 1.29 is 0 Å². The molecule has 2 nitrogen and oxygen atoms in total. The maximum Gasteiger partial charge on any atom is 0.0401 e. The molecule has 2 rings (SSSR count). The van der Waals surface area contributed by atoms with Crippen LogP contribution in [0.25, 0.3) is 0 Å². The van der Waals surface area contributed by atoms with Gasteiger partial charge in [-0.2, -0.15) is 0 Å². The van der Waals surface area contributed by atoms with Gasteiger partial charge in [-0.3, -0.25) is 0 Å². The third-order valence-corrected chi connectivity index (χ3v) is 3.28. The van der Waals surface area contributed by atoms with Crippen molar-refractivity contribution in [2.24, 2.45) is 5.73 Å². The zero-order valence-electron chi connectivity index (χ0n) is 9.95. The normalized spacial score (nSPS) is 16.1. The highest BCUT2D eigenvalue weighted by Gasteiger charge is 2.13. The van der Waals surface area contributed by atoms with Crippen molar-refractivity contribution in [3.8, 4) is 0 Å². The van der Waals surface area contributed by atoms with Crippen molar-refractivity contribution in [2.45, 2.75) is 19.8 Å². The van der Waals surface area contributed by atoms with Crippen molar-refractivity contribution >= 4 is 5.69 Å². The maximum atomic E-state index is 5.66. The van der Waals surface area contributed by atoms with E-state index in [1.807, 2.05) is 0 Å². The number of nitrogens with two attached hydrogens (primary N) is 1. The van der Waals surface area contributed by atoms with E-state index in [4.69, 9.17) is 5.73 Å². The van der Waals surface area contributed by atoms with Crippen LogP contribution in [-0.2, 0) is 6.42 Å². The molecule has 0 aliphatic carbocycles. The average molecular weight is 216 g/mol. The zero-order chi connectivity index (χ0) is 11.4. The average Bonchev–Trinajstić information content (AvgIpc) is 2.39. The summed E-state index contributed by atoms with van der Waals surface area (Å²) in [6.07, 6.45) is 4.48. The summed E-state index contributed by atoms with van der Waals surface area (Å²) in [7, 11) is 0. The fourth-order valence-corrected chi connectivity index (χ4v) is 2.23. The molecule has 1 aliphatic heterocycles. The van der Waals surface area contributed by atoms with Crippen LogP contribution in [0.3, 0.4) is 0 Å². The van der Waals surface area contributed by atoms with E-state index in [9.17, 15) is 0 Å². The van der Waals surface area contributed by atoms with Gasteiger partial charge in [0.25, 0.3) is 0 Å². The predicted molar refractivity (Wildman–Crippen MR) is 69.8 cm³/mol. The summed E-state index contributed by atoms with van der Waals surface area (Å²) in [6, 6.07) is 8.68. The molecule has 0 spiro atoms. The standard InChI is InChI=1S/C14H20N2/c1-2-13-5-3-4-6-14(13)16-9-7-12(11-15)8-10-16/h3-7H,2,8-11,15H2,1H3. The quantitative estimate of drug-likeness (QED) is 0.786. The number of hydrogen-bond acceptors (Lipinski definition) is 2. The van der Waals surface area contributed by atoms with E-state index in [-0.39, 0.29) is 0 Å². The SMILES string of the molecule is CCc1ccccc1N1CC=C(CN)CC1. The number of anilines is 1. The van der Waals surface area contributed by atoms with Gasteiger partial charge in [-0.25, -0.2) is 0 Å². The molecule has 0 fully saturated rings. The van der Waals surface area contributed by atoms with Crippen LogP contribution < -0.4 is 10.6 Å². The Labute approximate surface area is 97.8 Å². The summed E-state index contributed by atoms with van der Waals surface area (Å²) >= 11 is 0. The molecule has 2 N–H and O–H groups in total. The molecule has 0 saturated carbocycles. The summed E-state index contributed by atoms with van der Waals surface area (Å²) in [5.74, 6) is 0. The van der Waals surface area contributed by atoms with E-state index < -0.39 is 0 Å². The van der Waals surface area contributed by atoms with Crippen LogP contribution in [0.4, 0.5) is 5.69 Å². The Morgan fingerprint density at radius 2 is 2.12 bits per heavy atom. The molecule has 0 unspecified atom stereocenters. The third-order valence-electron chi connectivity index (χ3n) is 3.28. The van der Waals surface area contributed by atoms with Crippen LogP contribution in [-0.4, -0.2) is 19.6 Å². The molecule has 0 bridgehead atoms. The molecular formula is C14H20N2. The minimum atomic E-state index is 0.712. The number of hydrogen-bond donors (Lipinski definition) is 1. The molecule has 1 heterocycles. The van der Waals surface area contributed by atoms with Crippen LogP contribution in [0.15, 0.2) is 35.9 Å². The summed E-state index contributed by atoms with van der Waals surface area (Å²) in [4.78, 5) is 2.44. The second-order valence-electron chi connectivity index (χ2n) is 4.24. The van der Waals surface area contributed by atoms with Gasteiger partial charge in [-0.05, 0) is 24.5 Å². The molecule has 0 saturated heterocycles. The van der Waals surface area contributed by atoms with E-state index in [0.29, 0.717) is 6.54 Å². The first-order valence-electron chi connectivity index (χ1n) is 6.06. The van der Waals surface area contributed by atoms with Gasteiger partial charge >= 0.3 is 0 Å². The van der Waals surface area contributed by atoms with Crippen molar-refractivity contribution in [1.82, 2.24) is 0 Å². The molecule has 0 aromatic heterocycles. The lowest BCUT2D eigenvalue weighted by atomic mass is 10.0. The first-order chi connectivity index (χ1) is 7.85. The first-order valence-corrected chi connectivity index (χ1v) is 6.06. The second kappa shape index (κ2) is 5.17. The summed E-state index contributed by atoms with van der Waals surface area (Å²) < 4.78 is 0. The van der Waals surface area contributed by atoms with Crippen molar-refractivity contribution in [3.63, 3.8) is 0 Å². The highest BCUT2D eigenvalue weighted by Crippen LogP contribution is 2.23. The Kier molecular flexibility index (Phi) is 3.62. The molecule has 1 aromatic rings. The van der Waals surface area contributed by atoms with Crippen LogP contribution >= 0.6 is 0 Å². The maximum absolute atomic E-state index is 5.66. The topological polar surface area (TPSA) is 29.3 Å². The fourth-order valence-electron chi connectivity index (χ4n) is 2.23. The lowest BCUT2D eigenvalue weighted by molar-refractivity contribution is 0.768. The summed E-state index contributed by atoms with van der Waals surface area (Å²) in [6.45, 7) is 5.02. The summed E-state index contributed by atoms with van der Waals surface area (Å²) in [5.41, 5.74) is 9.87. The van der Waals surface area contributed by atoms with Crippen LogP contribution in [0.2, 0.25) is 0 Å². The molecule has 1 aliphatic rings. The predicted octanol–water partition coefficient (Wildman–Crippen LogP) is 2.34. The van der Waals surface area contributed by atoms with Gasteiger partial charge < -0.3 is 10.6 Å². The van der Waals surface area contributed by atoms with E-state index in [1.165, 1.54) is 16.8 Å². The molecule has 0 atom stereocenters. The molecule has 16 heavy (non-hydrogen) atoms. The number of aryl methyl sites for hydroxylation is 1. The van der Waals surface area contributed by atoms with Crippen molar-refractivity contribution in [3.05, 3.63) is 41.5 Å². The first kappa shape index (κ1) is 11.2. The molecule has 1 aromatic carbocycles. The van der Waals surface area contributed by atoms with Crippen molar-refractivity contribution in [2.75, 3.05) is 24.5 Å². The number of benzene rings is 1. The largest absolute Gasteiger partial charge is 0.367 e. The van der Waals surface area contributed by atoms with Crippen LogP contribution in [0.5, 0.6) is 0 Å². The third kappa shape index (κ3) is 2.27. The van der Waals surface area contributed by atoms with Crippen molar-refractivity contribution in [1.29, 1.82) is 0 Å². The number of para-hydroxylation sites is 1. The Bertz CT molecular complexity index is 382. The molecule has 2 heteroatoms. The van der Waals surface area contributed by atoms with E-state index in [2.05, 4.69) is 42.2 Å². The van der Waals surface area contributed by atoms with E-state index in [0.717, 1.165) is 25.9 Å². The molecular weight excluding hydrogens is 196 g/mol. The van der Waals surface area contributed by atoms with Gasteiger partial charge in [-0.15, -0.1) is 0 Å². The molecule has 0 amide bonds. The van der Waals surface area contributed by atoms with Gasteiger partial charge in [0.05, 0.1) is 0 Å². The Morgan fingerprint density at radius 1 is 1.31 bits per heavy atom. The van der Waals surface area contributed by atoms with Crippen LogP contribution in [0.1, 0.15) is 18.9 Å². The molecule has 0 radical (unpaired) electrons. The lowest BCUT2D eigenvalue weighted by Crippen LogP contribution is -2.30. The van der Waals surface area contributed by atoms with Gasteiger partial charge in [0.1, 0.15) is 0 Å². The Morgan fingerprint density at radius 3 is 2.75 bits per heavy atom. The smallest absolute Gasteiger partial charge is 0.0401 e. The van der Waals surface area contributed by atoms with Gasteiger partial charge in [0.15, 0.2) is 0 Å². The number of nitrogens with zero attached hydrogens (tertiary/aromatic N) is 1. The van der Waals surface area contributed by atoms with E-state index >= 15 is 0 Å². The second-order valence-corrected chi connectivity index (χ2v) is 4.24. The highest BCUT2D eigenvalue weighted by molar-refractivity contribution is 5.55. The van der Waals surface area contributed by atoms with Crippen LogP contribution in [0, 0.1) is 0 Å². The number of rotatable bonds is 3. The highest BCUT2D eigenvalue weighted by atomic mass is 15.1. The minimum absolute atomic E-state index is 0.712. The monoisotopic (exact) mass is 216 g/mol. The Balaban J connectivity index is 2.17. The van der Waals surface area contributed by atoms with Gasteiger partial charge in [-0.1, -0.05) is 36.8 Å². The van der Waals surface area contributed by atoms with Gasteiger partial charge in [0, 0.05) is 25.3 Å². The van der Waals surface area contributed by atoms with Gasteiger partial charge in [0.2, 0.25) is 0 Å². The zero-order valence-corrected chi connectivity index (χ0v) is 9.95. The fraction of sp³-hybridized carbons (Fsp3) is 0.429. The Hall–Kier alpha value is -1.28. The molecule has 86 valence electrons.